The summed E-state index contributed by atoms with van der Waals surface area (Å²) in [6.07, 6.45) is 4.86. The number of nitrogens with one attached hydrogen (secondary N) is 1. The van der Waals surface area contributed by atoms with Crippen molar-refractivity contribution in [1.82, 2.24) is 0 Å². The van der Waals surface area contributed by atoms with Crippen molar-refractivity contribution in [3.63, 3.8) is 0 Å². The molecule has 2 nitrogen and oxygen atoms in total. The van der Waals surface area contributed by atoms with Gasteiger partial charge in [0.2, 0.25) is 0 Å². The quantitative estimate of drug-likeness (QED) is 0.833. The van der Waals surface area contributed by atoms with E-state index in [9.17, 15) is 8.78 Å². The summed E-state index contributed by atoms with van der Waals surface area (Å²) in [5.41, 5.74) is 0.493. The molecule has 0 amide bonds. The van der Waals surface area contributed by atoms with Gasteiger partial charge < -0.3 is 5.32 Å². The molecule has 1 aromatic rings. The second-order valence-corrected chi connectivity index (χ2v) is 6.57. The molecule has 1 N–H and O–H groups in total. The van der Waals surface area contributed by atoms with Crippen molar-refractivity contribution in [1.29, 1.82) is 0 Å². The number of benzene rings is 1. The number of nitrogens with zero attached hydrogens (tertiary/aromatic N) is 1. The topological polar surface area (TPSA) is 24.4 Å². The summed E-state index contributed by atoms with van der Waals surface area (Å²) in [4.78, 5) is 4.67. The summed E-state index contributed by atoms with van der Waals surface area (Å²) in [5, 5.41) is 3.67. The molecule has 2 atom stereocenters. The number of rotatable bonds is 1. The molecule has 0 radical (unpaired) electrons. The first-order chi connectivity index (χ1) is 9.63. The highest BCUT2D eigenvalue weighted by atomic mass is 32.2. The predicted molar refractivity (Wildman–Crippen MR) is 80.4 cm³/mol. The number of hydrogen-bond acceptors (Lipinski definition) is 3. The van der Waals surface area contributed by atoms with E-state index in [-0.39, 0.29) is 5.69 Å². The molecule has 3 rings (SSSR count). The van der Waals surface area contributed by atoms with Gasteiger partial charge in [-0.2, -0.15) is 0 Å². The normalized spacial score (nSPS) is 25.9. The molecule has 5 heteroatoms. The third-order valence-corrected chi connectivity index (χ3v) is 5.15. The van der Waals surface area contributed by atoms with E-state index >= 15 is 0 Å². The Kier molecular flexibility index (Phi) is 3.96. The molecule has 0 saturated heterocycles. The first-order valence-corrected chi connectivity index (χ1v) is 8.05. The maximum absolute atomic E-state index is 13.8. The number of thioether (sulfide) groups is 1. The molecular formula is C15H18F2N2S. The Bertz CT molecular complexity index is 545. The van der Waals surface area contributed by atoms with Gasteiger partial charge in [-0.15, -0.1) is 0 Å². The summed E-state index contributed by atoms with van der Waals surface area (Å²) in [6.45, 7) is 1.56. The van der Waals surface area contributed by atoms with E-state index in [0.717, 1.165) is 17.3 Å². The van der Waals surface area contributed by atoms with Crippen LogP contribution in [-0.2, 0) is 0 Å². The summed E-state index contributed by atoms with van der Waals surface area (Å²) >= 11 is 1.61. The van der Waals surface area contributed by atoms with Gasteiger partial charge in [0.15, 0.2) is 5.17 Å². The van der Waals surface area contributed by atoms with E-state index in [1.165, 1.54) is 31.4 Å². The Hall–Kier alpha value is -1.10. The van der Waals surface area contributed by atoms with Gasteiger partial charge in [0, 0.05) is 11.8 Å². The van der Waals surface area contributed by atoms with Crippen molar-refractivity contribution in [2.45, 2.75) is 38.6 Å². The van der Waals surface area contributed by atoms with Crippen LogP contribution in [0.5, 0.6) is 0 Å². The maximum atomic E-state index is 13.8. The number of anilines is 1. The van der Waals surface area contributed by atoms with Gasteiger partial charge >= 0.3 is 0 Å². The van der Waals surface area contributed by atoms with Gasteiger partial charge in [0.25, 0.3) is 0 Å². The SMILES string of the molecule is Cc1cc(F)c(NC2=NC3CCCCC3CS2)cc1F. The lowest BCUT2D eigenvalue weighted by Crippen LogP contribution is -2.31. The molecule has 1 heterocycles. The van der Waals surface area contributed by atoms with Crippen LogP contribution in [0.2, 0.25) is 0 Å². The molecule has 1 aromatic carbocycles. The predicted octanol–water partition coefficient (Wildman–Crippen LogP) is 4.35. The summed E-state index contributed by atoms with van der Waals surface area (Å²) < 4.78 is 27.4. The third kappa shape index (κ3) is 2.82. The molecule has 0 aromatic heterocycles. The number of amidine groups is 1. The molecule has 1 aliphatic heterocycles. The Morgan fingerprint density at radius 3 is 2.85 bits per heavy atom. The number of fused-ring (bicyclic) bond motifs is 1. The lowest BCUT2D eigenvalue weighted by molar-refractivity contribution is 0.336. The van der Waals surface area contributed by atoms with Crippen LogP contribution in [0.25, 0.3) is 0 Å². The lowest BCUT2D eigenvalue weighted by atomic mass is 9.86. The van der Waals surface area contributed by atoms with Crippen LogP contribution < -0.4 is 5.32 Å². The minimum atomic E-state index is -0.432. The second kappa shape index (κ2) is 5.72. The Balaban J connectivity index is 1.78. The van der Waals surface area contributed by atoms with E-state index < -0.39 is 11.6 Å². The maximum Gasteiger partial charge on any atom is 0.161 e. The van der Waals surface area contributed by atoms with E-state index in [1.54, 1.807) is 18.7 Å². The van der Waals surface area contributed by atoms with Gasteiger partial charge in [0.1, 0.15) is 11.6 Å². The van der Waals surface area contributed by atoms with Crippen molar-refractivity contribution in [3.05, 3.63) is 29.3 Å². The van der Waals surface area contributed by atoms with Crippen molar-refractivity contribution in [2.24, 2.45) is 10.9 Å². The number of halogens is 2. The van der Waals surface area contributed by atoms with Crippen LogP contribution in [0.15, 0.2) is 17.1 Å². The molecule has 2 unspecified atom stereocenters. The van der Waals surface area contributed by atoms with Crippen LogP contribution in [0.4, 0.5) is 14.5 Å². The Labute approximate surface area is 122 Å². The molecular weight excluding hydrogens is 278 g/mol. The van der Waals surface area contributed by atoms with Gasteiger partial charge in [-0.3, -0.25) is 4.99 Å². The summed E-state index contributed by atoms with van der Waals surface area (Å²) in [5.74, 6) is 0.842. The van der Waals surface area contributed by atoms with E-state index in [4.69, 9.17) is 0 Å². The number of hydrogen-bond donors (Lipinski definition) is 1. The largest absolute Gasteiger partial charge is 0.333 e. The average molecular weight is 296 g/mol. The molecule has 0 spiro atoms. The molecule has 2 aliphatic rings. The van der Waals surface area contributed by atoms with Crippen LogP contribution in [0, 0.1) is 24.5 Å². The first-order valence-electron chi connectivity index (χ1n) is 7.07. The van der Waals surface area contributed by atoms with Gasteiger partial charge in [0.05, 0.1) is 11.7 Å². The number of aliphatic imine (C=N–C) groups is 1. The Morgan fingerprint density at radius 1 is 1.20 bits per heavy atom. The molecule has 1 fully saturated rings. The van der Waals surface area contributed by atoms with Gasteiger partial charge in [-0.25, -0.2) is 8.78 Å². The molecule has 108 valence electrons. The minimum absolute atomic E-state index is 0.175. The average Bonchev–Trinajstić information content (AvgIpc) is 2.44. The zero-order chi connectivity index (χ0) is 14.1. The zero-order valence-electron chi connectivity index (χ0n) is 11.5. The molecule has 0 bridgehead atoms. The minimum Gasteiger partial charge on any atom is -0.333 e. The zero-order valence-corrected chi connectivity index (χ0v) is 12.3. The smallest absolute Gasteiger partial charge is 0.161 e. The highest BCUT2D eigenvalue weighted by molar-refractivity contribution is 8.14. The number of aryl methyl sites for hydroxylation is 1. The van der Waals surface area contributed by atoms with Gasteiger partial charge in [-0.05, 0) is 37.3 Å². The third-order valence-electron chi connectivity index (χ3n) is 4.08. The van der Waals surface area contributed by atoms with Crippen LogP contribution in [0.3, 0.4) is 0 Å². The van der Waals surface area contributed by atoms with E-state index in [2.05, 4.69) is 10.3 Å². The fraction of sp³-hybridized carbons (Fsp3) is 0.533. The lowest BCUT2D eigenvalue weighted by Gasteiger charge is -2.32. The fourth-order valence-corrected chi connectivity index (χ4v) is 4.00. The first kappa shape index (κ1) is 13.9. The molecule has 1 aliphatic carbocycles. The standard InChI is InChI=1S/C15H18F2N2S/c1-9-6-12(17)14(7-11(9)16)19-15-18-13-5-3-2-4-10(13)8-20-15/h6-7,10,13H,2-5,8H2,1H3,(H,18,19). The van der Waals surface area contributed by atoms with E-state index in [1.807, 2.05) is 0 Å². The van der Waals surface area contributed by atoms with Crippen molar-refractivity contribution < 1.29 is 8.78 Å². The van der Waals surface area contributed by atoms with E-state index in [0.29, 0.717) is 17.5 Å². The van der Waals surface area contributed by atoms with Crippen LogP contribution >= 0.6 is 11.8 Å². The van der Waals surface area contributed by atoms with Crippen LogP contribution in [0.1, 0.15) is 31.2 Å². The van der Waals surface area contributed by atoms with Crippen molar-refractivity contribution >= 4 is 22.6 Å². The Morgan fingerprint density at radius 2 is 2.00 bits per heavy atom. The van der Waals surface area contributed by atoms with Gasteiger partial charge in [-0.1, -0.05) is 24.6 Å². The fourth-order valence-electron chi connectivity index (χ4n) is 2.85. The monoisotopic (exact) mass is 296 g/mol. The highest BCUT2D eigenvalue weighted by Crippen LogP contribution is 2.34. The van der Waals surface area contributed by atoms with Crippen molar-refractivity contribution in [2.75, 3.05) is 11.1 Å². The highest BCUT2D eigenvalue weighted by Gasteiger charge is 2.29. The van der Waals surface area contributed by atoms with Crippen LogP contribution in [-0.4, -0.2) is 17.0 Å². The summed E-state index contributed by atoms with van der Waals surface area (Å²) in [7, 11) is 0. The molecule has 1 saturated carbocycles. The summed E-state index contributed by atoms with van der Waals surface area (Å²) in [6, 6.07) is 2.78. The van der Waals surface area contributed by atoms with Crippen molar-refractivity contribution in [3.8, 4) is 0 Å². The second-order valence-electron chi connectivity index (χ2n) is 5.56. The molecule has 20 heavy (non-hydrogen) atoms.